The summed E-state index contributed by atoms with van der Waals surface area (Å²) in [4.78, 5) is 18.8. The molecule has 112 valence electrons. The van der Waals surface area contributed by atoms with Crippen LogP contribution >= 0.6 is 0 Å². The van der Waals surface area contributed by atoms with Gasteiger partial charge < -0.3 is 14.5 Å². The minimum absolute atomic E-state index is 0.102. The quantitative estimate of drug-likeness (QED) is 0.887. The van der Waals surface area contributed by atoms with Crippen molar-refractivity contribution in [2.75, 3.05) is 13.2 Å². The molecule has 0 aliphatic carbocycles. The van der Waals surface area contributed by atoms with Gasteiger partial charge in [0.05, 0.1) is 25.2 Å². The lowest BCUT2D eigenvalue weighted by Gasteiger charge is -2.13. The molecular formula is C16H20N2O3. The minimum atomic E-state index is -0.102. The lowest BCUT2D eigenvalue weighted by Crippen LogP contribution is -2.14. The summed E-state index contributed by atoms with van der Waals surface area (Å²) >= 11 is 0. The summed E-state index contributed by atoms with van der Waals surface area (Å²) in [7, 11) is 0. The first kappa shape index (κ1) is 15.1. The Morgan fingerprint density at radius 1 is 1.10 bits per heavy atom. The van der Waals surface area contributed by atoms with Gasteiger partial charge >= 0.3 is 0 Å². The zero-order valence-electron chi connectivity index (χ0n) is 12.6. The van der Waals surface area contributed by atoms with Crippen LogP contribution in [0.4, 0.5) is 0 Å². The summed E-state index contributed by atoms with van der Waals surface area (Å²) < 4.78 is 11.2. The van der Waals surface area contributed by atoms with Crippen LogP contribution in [-0.4, -0.2) is 23.2 Å². The SMILES string of the molecule is CCOc1ccc(-c2nc[nH]c(=O)c2CC)cc1OCC. The Morgan fingerprint density at radius 2 is 1.81 bits per heavy atom. The van der Waals surface area contributed by atoms with Crippen molar-refractivity contribution in [3.8, 4) is 22.8 Å². The maximum atomic E-state index is 11.9. The molecule has 0 aliphatic rings. The third-order valence-electron chi connectivity index (χ3n) is 3.12. The number of hydrogen-bond acceptors (Lipinski definition) is 4. The minimum Gasteiger partial charge on any atom is -0.490 e. The molecule has 0 radical (unpaired) electrons. The van der Waals surface area contributed by atoms with Gasteiger partial charge in [0.25, 0.3) is 5.56 Å². The van der Waals surface area contributed by atoms with Gasteiger partial charge in [0, 0.05) is 11.1 Å². The van der Waals surface area contributed by atoms with Crippen LogP contribution in [0.1, 0.15) is 26.3 Å². The van der Waals surface area contributed by atoms with E-state index in [1.807, 2.05) is 39.0 Å². The van der Waals surface area contributed by atoms with E-state index in [-0.39, 0.29) is 5.56 Å². The smallest absolute Gasteiger partial charge is 0.254 e. The first-order valence-corrected chi connectivity index (χ1v) is 7.17. The Hall–Kier alpha value is -2.30. The normalized spacial score (nSPS) is 10.4. The molecule has 0 saturated heterocycles. The highest BCUT2D eigenvalue weighted by Gasteiger charge is 2.12. The highest BCUT2D eigenvalue weighted by atomic mass is 16.5. The average Bonchev–Trinajstić information content (AvgIpc) is 2.49. The summed E-state index contributed by atoms with van der Waals surface area (Å²) in [5.74, 6) is 1.37. The monoisotopic (exact) mass is 288 g/mol. The van der Waals surface area contributed by atoms with Gasteiger partial charge in [0.1, 0.15) is 0 Å². The molecule has 21 heavy (non-hydrogen) atoms. The largest absolute Gasteiger partial charge is 0.490 e. The van der Waals surface area contributed by atoms with Crippen molar-refractivity contribution in [1.29, 1.82) is 0 Å². The van der Waals surface area contributed by atoms with Gasteiger partial charge in [-0.05, 0) is 38.5 Å². The van der Waals surface area contributed by atoms with Gasteiger partial charge in [-0.15, -0.1) is 0 Å². The fourth-order valence-electron chi connectivity index (χ4n) is 2.20. The molecule has 5 heteroatoms. The van der Waals surface area contributed by atoms with Crippen LogP contribution in [0.15, 0.2) is 29.3 Å². The molecule has 2 aromatic rings. The summed E-state index contributed by atoms with van der Waals surface area (Å²) in [5.41, 5.74) is 2.11. The van der Waals surface area contributed by atoms with E-state index in [0.717, 1.165) is 5.56 Å². The topological polar surface area (TPSA) is 64.2 Å². The first-order valence-electron chi connectivity index (χ1n) is 7.17. The van der Waals surface area contributed by atoms with E-state index in [9.17, 15) is 4.79 Å². The van der Waals surface area contributed by atoms with Crippen LogP contribution < -0.4 is 15.0 Å². The molecule has 0 bridgehead atoms. The molecule has 0 amide bonds. The molecule has 5 nitrogen and oxygen atoms in total. The zero-order chi connectivity index (χ0) is 15.2. The fourth-order valence-corrected chi connectivity index (χ4v) is 2.20. The predicted octanol–water partition coefficient (Wildman–Crippen LogP) is 2.80. The van der Waals surface area contributed by atoms with E-state index in [2.05, 4.69) is 9.97 Å². The maximum absolute atomic E-state index is 11.9. The van der Waals surface area contributed by atoms with Crippen LogP contribution in [-0.2, 0) is 6.42 Å². The second-order valence-electron chi connectivity index (χ2n) is 4.44. The van der Waals surface area contributed by atoms with Gasteiger partial charge in [-0.25, -0.2) is 4.98 Å². The van der Waals surface area contributed by atoms with Crippen molar-refractivity contribution in [2.45, 2.75) is 27.2 Å². The maximum Gasteiger partial charge on any atom is 0.254 e. The summed E-state index contributed by atoms with van der Waals surface area (Å²) in [6.07, 6.45) is 2.04. The molecule has 0 saturated carbocycles. The Morgan fingerprint density at radius 3 is 2.48 bits per heavy atom. The van der Waals surface area contributed by atoms with Gasteiger partial charge in [-0.1, -0.05) is 6.92 Å². The molecule has 0 atom stereocenters. The number of ether oxygens (including phenoxy) is 2. The van der Waals surface area contributed by atoms with Crippen LogP contribution in [0, 0.1) is 0 Å². The molecule has 1 N–H and O–H groups in total. The number of aromatic nitrogens is 2. The third-order valence-corrected chi connectivity index (χ3v) is 3.12. The molecule has 0 unspecified atom stereocenters. The standard InChI is InChI=1S/C16H20N2O3/c1-4-12-15(17-10-18-16(12)19)11-7-8-13(20-5-2)14(9-11)21-6-3/h7-10H,4-6H2,1-3H3,(H,17,18,19). The van der Waals surface area contributed by atoms with Crippen molar-refractivity contribution >= 4 is 0 Å². The van der Waals surface area contributed by atoms with Gasteiger partial charge in [-0.3, -0.25) is 4.79 Å². The molecule has 2 rings (SSSR count). The number of hydrogen-bond donors (Lipinski definition) is 1. The highest BCUT2D eigenvalue weighted by Crippen LogP contribution is 2.32. The van der Waals surface area contributed by atoms with E-state index < -0.39 is 0 Å². The van der Waals surface area contributed by atoms with Gasteiger partial charge in [-0.2, -0.15) is 0 Å². The zero-order valence-corrected chi connectivity index (χ0v) is 12.6. The molecule has 0 aliphatic heterocycles. The van der Waals surface area contributed by atoms with E-state index in [4.69, 9.17) is 9.47 Å². The Labute approximate surface area is 124 Å². The number of aromatic amines is 1. The van der Waals surface area contributed by atoms with Crippen LogP contribution in [0.25, 0.3) is 11.3 Å². The van der Waals surface area contributed by atoms with Crippen LogP contribution in [0.5, 0.6) is 11.5 Å². The van der Waals surface area contributed by atoms with Gasteiger partial charge in [0.2, 0.25) is 0 Å². The number of rotatable bonds is 6. The summed E-state index contributed by atoms with van der Waals surface area (Å²) in [6, 6.07) is 5.62. The lowest BCUT2D eigenvalue weighted by atomic mass is 10.0. The van der Waals surface area contributed by atoms with Crippen molar-refractivity contribution in [3.05, 3.63) is 40.4 Å². The predicted molar refractivity (Wildman–Crippen MR) is 82.0 cm³/mol. The Kier molecular flexibility index (Phi) is 4.98. The Balaban J connectivity index is 2.52. The molecule has 0 spiro atoms. The van der Waals surface area contributed by atoms with Crippen molar-refractivity contribution < 1.29 is 9.47 Å². The van der Waals surface area contributed by atoms with E-state index in [1.54, 1.807) is 0 Å². The van der Waals surface area contributed by atoms with Crippen LogP contribution in [0.2, 0.25) is 0 Å². The van der Waals surface area contributed by atoms with E-state index in [0.29, 0.717) is 42.4 Å². The highest BCUT2D eigenvalue weighted by molar-refractivity contribution is 5.66. The fraction of sp³-hybridized carbons (Fsp3) is 0.375. The van der Waals surface area contributed by atoms with Crippen molar-refractivity contribution in [2.24, 2.45) is 0 Å². The second kappa shape index (κ2) is 6.92. The van der Waals surface area contributed by atoms with Crippen molar-refractivity contribution in [1.82, 2.24) is 9.97 Å². The lowest BCUT2D eigenvalue weighted by molar-refractivity contribution is 0.288. The first-order chi connectivity index (χ1) is 10.2. The molecule has 1 aromatic heterocycles. The third kappa shape index (κ3) is 3.24. The van der Waals surface area contributed by atoms with E-state index >= 15 is 0 Å². The molecular weight excluding hydrogens is 268 g/mol. The number of nitrogens with zero attached hydrogens (tertiary/aromatic N) is 1. The summed E-state index contributed by atoms with van der Waals surface area (Å²) in [5, 5.41) is 0. The van der Waals surface area contributed by atoms with Crippen molar-refractivity contribution in [3.63, 3.8) is 0 Å². The molecule has 1 aromatic carbocycles. The molecule has 1 heterocycles. The number of nitrogens with one attached hydrogen (secondary N) is 1. The van der Waals surface area contributed by atoms with E-state index in [1.165, 1.54) is 6.33 Å². The molecule has 0 fully saturated rings. The van der Waals surface area contributed by atoms with Crippen LogP contribution in [0.3, 0.4) is 0 Å². The number of H-pyrrole nitrogens is 1. The average molecular weight is 288 g/mol. The van der Waals surface area contributed by atoms with Gasteiger partial charge in [0.15, 0.2) is 11.5 Å². The summed E-state index contributed by atoms with van der Waals surface area (Å²) in [6.45, 7) is 6.91. The Bertz CT molecular complexity index is 665. The second-order valence-corrected chi connectivity index (χ2v) is 4.44. The number of benzene rings is 1.